The summed E-state index contributed by atoms with van der Waals surface area (Å²) < 4.78 is 5.15. The van der Waals surface area contributed by atoms with Crippen LogP contribution in [0.1, 0.15) is 39.2 Å². The standard InChI is InChI=1S/C21H33N3O2.HI/c1-5-26-19(25)18-11-13-24(14-12-18)20(22-4)23-16-21(2,3)15-17-9-7-6-8-10-17;/h6-10,18H,5,11-16H2,1-4H3,(H,22,23);1H. The van der Waals surface area contributed by atoms with Gasteiger partial charge in [-0.15, -0.1) is 24.0 Å². The zero-order valence-corrected chi connectivity index (χ0v) is 19.4. The second kappa shape index (κ2) is 11.5. The molecule has 0 unspecified atom stereocenters. The number of nitrogens with one attached hydrogen (secondary N) is 1. The van der Waals surface area contributed by atoms with Crippen LogP contribution in [-0.4, -0.2) is 50.1 Å². The summed E-state index contributed by atoms with van der Waals surface area (Å²) >= 11 is 0. The van der Waals surface area contributed by atoms with Gasteiger partial charge in [-0.25, -0.2) is 0 Å². The topological polar surface area (TPSA) is 53.9 Å². The van der Waals surface area contributed by atoms with Crippen LogP contribution in [-0.2, 0) is 16.0 Å². The molecule has 0 saturated carbocycles. The molecular formula is C21H34IN3O2. The number of hydrogen-bond acceptors (Lipinski definition) is 3. The first-order valence-corrected chi connectivity index (χ1v) is 9.61. The van der Waals surface area contributed by atoms with Gasteiger partial charge in [0.15, 0.2) is 5.96 Å². The first kappa shape index (κ1) is 23.7. The fraction of sp³-hybridized carbons (Fsp3) is 0.619. The Bertz CT molecular complexity index is 597. The van der Waals surface area contributed by atoms with Gasteiger partial charge in [0.1, 0.15) is 0 Å². The molecule has 152 valence electrons. The summed E-state index contributed by atoms with van der Waals surface area (Å²) in [6.07, 6.45) is 2.67. The van der Waals surface area contributed by atoms with Crippen LogP contribution in [0.3, 0.4) is 0 Å². The lowest BCUT2D eigenvalue weighted by molar-refractivity contribution is -0.149. The van der Waals surface area contributed by atoms with Crippen molar-refractivity contribution in [2.45, 2.75) is 40.0 Å². The molecule has 1 fully saturated rings. The van der Waals surface area contributed by atoms with E-state index in [4.69, 9.17) is 4.74 Å². The molecule has 0 aliphatic carbocycles. The Kier molecular flexibility index (Phi) is 10.1. The number of ether oxygens (including phenoxy) is 1. The predicted octanol–water partition coefficient (Wildman–Crippen LogP) is 3.72. The Morgan fingerprint density at radius 2 is 1.89 bits per heavy atom. The van der Waals surface area contributed by atoms with E-state index in [1.54, 1.807) is 0 Å². The van der Waals surface area contributed by atoms with Crippen LogP contribution >= 0.6 is 24.0 Å². The average molecular weight is 487 g/mol. The molecule has 1 N–H and O–H groups in total. The van der Waals surface area contributed by atoms with Gasteiger partial charge in [-0.3, -0.25) is 9.79 Å². The number of halogens is 1. The molecule has 1 saturated heterocycles. The molecule has 5 nitrogen and oxygen atoms in total. The number of carbonyl (C=O) groups is 1. The zero-order valence-electron chi connectivity index (χ0n) is 17.0. The van der Waals surface area contributed by atoms with Crippen molar-refractivity contribution >= 4 is 35.9 Å². The fourth-order valence-corrected chi connectivity index (χ4v) is 3.45. The summed E-state index contributed by atoms with van der Waals surface area (Å²) in [4.78, 5) is 18.6. The Labute approximate surface area is 181 Å². The van der Waals surface area contributed by atoms with E-state index in [9.17, 15) is 4.79 Å². The molecule has 0 aromatic heterocycles. The number of rotatable bonds is 6. The van der Waals surface area contributed by atoms with Crippen LogP contribution in [0.5, 0.6) is 0 Å². The Morgan fingerprint density at radius 1 is 1.26 bits per heavy atom. The Balaban J connectivity index is 0.00000364. The normalized spacial score (nSPS) is 15.9. The van der Waals surface area contributed by atoms with Gasteiger partial charge in [0, 0.05) is 26.7 Å². The Morgan fingerprint density at radius 3 is 2.44 bits per heavy atom. The first-order chi connectivity index (χ1) is 12.4. The molecule has 1 aromatic rings. The van der Waals surface area contributed by atoms with E-state index in [0.717, 1.165) is 44.9 Å². The molecular weight excluding hydrogens is 453 g/mol. The summed E-state index contributed by atoms with van der Waals surface area (Å²) in [6.45, 7) is 9.38. The largest absolute Gasteiger partial charge is 0.466 e. The van der Waals surface area contributed by atoms with Crippen LogP contribution in [0, 0.1) is 11.3 Å². The number of esters is 1. The molecule has 6 heteroatoms. The average Bonchev–Trinajstić information content (AvgIpc) is 2.63. The number of guanidine groups is 1. The fourth-order valence-electron chi connectivity index (χ4n) is 3.45. The zero-order chi connectivity index (χ0) is 19.0. The lowest BCUT2D eigenvalue weighted by atomic mass is 9.86. The van der Waals surface area contributed by atoms with E-state index >= 15 is 0 Å². The molecule has 1 aromatic carbocycles. The maximum atomic E-state index is 11.9. The monoisotopic (exact) mass is 487 g/mol. The summed E-state index contributed by atoms with van der Waals surface area (Å²) in [6, 6.07) is 10.6. The van der Waals surface area contributed by atoms with Crippen molar-refractivity contribution in [1.29, 1.82) is 0 Å². The summed E-state index contributed by atoms with van der Waals surface area (Å²) in [5.41, 5.74) is 1.48. The number of nitrogens with zero attached hydrogens (tertiary/aromatic N) is 2. The molecule has 0 spiro atoms. The smallest absolute Gasteiger partial charge is 0.309 e. The third-order valence-electron chi connectivity index (χ3n) is 4.88. The minimum Gasteiger partial charge on any atom is -0.466 e. The third kappa shape index (κ3) is 7.68. The minimum absolute atomic E-state index is 0. The molecule has 0 atom stereocenters. The third-order valence-corrected chi connectivity index (χ3v) is 4.88. The second-order valence-corrected chi connectivity index (χ2v) is 7.74. The Hall–Kier alpha value is -1.31. The molecule has 2 rings (SSSR count). The predicted molar refractivity (Wildman–Crippen MR) is 122 cm³/mol. The molecule has 1 heterocycles. The van der Waals surface area contributed by atoms with Crippen molar-refractivity contribution in [3.05, 3.63) is 35.9 Å². The minimum atomic E-state index is -0.0564. The number of aliphatic imine (C=N–C) groups is 1. The van der Waals surface area contributed by atoms with E-state index in [2.05, 4.69) is 59.4 Å². The summed E-state index contributed by atoms with van der Waals surface area (Å²) in [5, 5.41) is 3.53. The maximum Gasteiger partial charge on any atom is 0.309 e. The van der Waals surface area contributed by atoms with Gasteiger partial charge in [0.2, 0.25) is 0 Å². The van der Waals surface area contributed by atoms with Crippen molar-refractivity contribution in [1.82, 2.24) is 10.2 Å². The van der Waals surface area contributed by atoms with E-state index in [0.29, 0.717) is 6.61 Å². The molecule has 0 radical (unpaired) electrons. The highest BCUT2D eigenvalue weighted by atomic mass is 127. The van der Waals surface area contributed by atoms with E-state index < -0.39 is 0 Å². The van der Waals surface area contributed by atoms with Crippen molar-refractivity contribution in [3.63, 3.8) is 0 Å². The van der Waals surface area contributed by atoms with Crippen LogP contribution in [0.25, 0.3) is 0 Å². The van der Waals surface area contributed by atoms with E-state index in [-0.39, 0.29) is 41.3 Å². The van der Waals surface area contributed by atoms with Crippen LogP contribution in [0.2, 0.25) is 0 Å². The van der Waals surface area contributed by atoms with Gasteiger partial charge in [0.05, 0.1) is 12.5 Å². The van der Waals surface area contributed by atoms with Gasteiger partial charge >= 0.3 is 5.97 Å². The van der Waals surface area contributed by atoms with Gasteiger partial charge in [0.25, 0.3) is 0 Å². The van der Waals surface area contributed by atoms with Crippen LogP contribution in [0.4, 0.5) is 0 Å². The number of carbonyl (C=O) groups excluding carboxylic acids is 1. The quantitative estimate of drug-likeness (QED) is 0.288. The van der Waals surface area contributed by atoms with Crippen LogP contribution in [0.15, 0.2) is 35.3 Å². The van der Waals surface area contributed by atoms with E-state index in [1.807, 2.05) is 14.0 Å². The summed E-state index contributed by atoms with van der Waals surface area (Å²) in [5.74, 6) is 0.895. The lowest BCUT2D eigenvalue weighted by Crippen LogP contribution is -2.48. The SMILES string of the molecule is CCOC(=O)C1CCN(C(=NC)NCC(C)(C)Cc2ccccc2)CC1.I. The van der Waals surface area contributed by atoms with E-state index in [1.165, 1.54) is 5.56 Å². The van der Waals surface area contributed by atoms with Gasteiger partial charge < -0.3 is 15.0 Å². The van der Waals surface area contributed by atoms with Gasteiger partial charge in [-0.1, -0.05) is 44.2 Å². The van der Waals surface area contributed by atoms with Crippen LogP contribution < -0.4 is 5.32 Å². The van der Waals surface area contributed by atoms with Crippen molar-refractivity contribution in [2.24, 2.45) is 16.3 Å². The highest BCUT2D eigenvalue weighted by molar-refractivity contribution is 14.0. The second-order valence-electron chi connectivity index (χ2n) is 7.74. The van der Waals surface area contributed by atoms with Gasteiger partial charge in [-0.2, -0.15) is 0 Å². The highest BCUT2D eigenvalue weighted by Crippen LogP contribution is 2.22. The number of benzene rings is 1. The lowest BCUT2D eigenvalue weighted by Gasteiger charge is -2.35. The maximum absolute atomic E-state index is 11.9. The van der Waals surface area contributed by atoms with Gasteiger partial charge in [-0.05, 0) is 37.2 Å². The molecule has 0 bridgehead atoms. The first-order valence-electron chi connectivity index (χ1n) is 9.61. The molecule has 1 aliphatic heterocycles. The number of piperidine rings is 1. The highest BCUT2D eigenvalue weighted by Gasteiger charge is 2.28. The molecule has 0 amide bonds. The molecule has 1 aliphatic rings. The van der Waals surface area contributed by atoms with Crippen molar-refractivity contribution in [2.75, 3.05) is 33.3 Å². The number of hydrogen-bond donors (Lipinski definition) is 1. The molecule has 27 heavy (non-hydrogen) atoms. The number of likely N-dealkylation sites (tertiary alicyclic amines) is 1. The summed E-state index contributed by atoms with van der Waals surface area (Å²) in [7, 11) is 1.82. The van der Waals surface area contributed by atoms with Crippen molar-refractivity contribution in [3.8, 4) is 0 Å². The van der Waals surface area contributed by atoms with Crippen molar-refractivity contribution < 1.29 is 9.53 Å².